The number of amides is 1. The van der Waals surface area contributed by atoms with E-state index >= 15 is 0 Å². The second kappa shape index (κ2) is 7.16. The molecule has 1 amide bonds. The zero-order valence-corrected chi connectivity index (χ0v) is 14.3. The second-order valence-corrected chi connectivity index (χ2v) is 7.04. The Morgan fingerprint density at radius 2 is 1.87 bits per heavy atom. The predicted molar refractivity (Wildman–Crippen MR) is 89.6 cm³/mol. The molecule has 9 heteroatoms. The van der Waals surface area contributed by atoms with Gasteiger partial charge in [-0.25, -0.2) is 18.1 Å². The van der Waals surface area contributed by atoms with Crippen molar-refractivity contribution < 1.29 is 13.2 Å². The van der Waals surface area contributed by atoms with Gasteiger partial charge in [-0.3, -0.25) is 4.79 Å². The molecule has 2 aromatic rings. The summed E-state index contributed by atoms with van der Waals surface area (Å²) < 4.78 is 26.5. The number of benzene rings is 1. The van der Waals surface area contributed by atoms with Crippen molar-refractivity contribution in [2.75, 3.05) is 5.32 Å². The van der Waals surface area contributed by atoms with Crippen LogP contribution >= 0.6 is 23.2 Å². The number of halogens is 2. The highest BCUT2D eigenvalue weighted by Gasteiger charge is 2.21. The van der Waals surface area contributed by atoms with Crippen molar-refractivity contribution in [2.24, 2.45) is 0 Å². The average molecular weight is 374 g/mol. The lowest BCUT2D eigenvalue weighted by molar-refractivity contribution is -0.119. The van der Waals surface area contributed by atoms with E-state index in [0.717, 1.165) is 0 Å². The van der Waals surface area contributed by atoms with E-state index in [4.69, 9.17) is 23.2 Å². The molecule has 0 saturated carbocycles. The van der Waals surface area contributed by atoms with Crippen LogP contribution in [0.25, 0.3) is 0 Å². The molecule has 0 atom stereocenters. The molecule has 2 rings (SSSR count). The topological polar surface area (TPSA) is 88.2 Å². The van der Waals surface area contributed by atoms with E-state index in [1.54, 1.807) is 25.1 Å². The molecule has 0 aliphatic heterocycles. The van der Waals surface area contributed by atoms with Gasteiger partial charge in [-0.05, 0) is 30.3 Å². The summed E-state index contributed by atoms with van der Waals surface area (Å²) in [7, 11) is -4.03. The molecule has 1 aromatic carbocycles. The molecule has 2 N–H and O–H groups in total. The third-order valence-corrected chi connectivity index (χ3v) is 4.60. The van der Waals surface area contributed by atoms with Crippen LogP contribution in [-0.4, -0.2) is 19.3 Å². The molecule has 0 aliphatic carbocycles. The number of aromatic nitrogens is 1. The van der Waals surface area contributed by atoms with Gasteiger partial charge in [0.15, 0.2) is 5.82 Å². The van der Waals surface area contributed by atoms with Gasteiger partial charge in [0, 0.05) is 28.4 Å². The van der Waals surface area contributed by atoms with E-state index in [1.807, 2.05) is 4.72 Å². The van der Waals surface area contributed by atoms with Crippen LogP contribution in [0, 0.1) is 0 Å². The van der Waals surface area contributed by atoms with Crippen LogP contribution in [-0.2, 0) is 14.8 Å². The van der Waals surface area contributed by atoms with Crippen LogP contribution in [0.15, 0.2) is 41.4 Å². The van der Waals surface area contributed by atoms with E-state index in [9.17, 15) is 13.2 Å². The van der Waals surface area contributed by atoms with Gasteiger partial charge in [-0.2, -0.15) is 0 Å². The summed E-state index contributed by atoms with van der Waals surface area (Å²) in [6, 6.07) is 7.49. The molecular weight excluding hydrogens is 361 g/mol. The van der Waals surface area contributed by atoms with Crippen LogP contribution in [0.2, 0.25) is 10.0 Å². The van der Waals surface area contributed by atoms with Crippen molar-refractivity contribution in [2.45, 2.75) is 18.2 Å². The lowest BCUT2D eigenvalue weighted by atomic mass is 10.3. The first kappa shape index (κ1) is 17.5. The summed E-state index contributed by atoms with van der Waals surface area (Å²) in [5.74, 6) is -0.548. The van der Waals surface area contributed by atoms with Gasteiger partial charge in [-0.1, -0.05) is 30.1 Å². The Labute approximate surface area is 143 Å². The Kier molecular flexibility index (Phi) is 5.46. The van der Waals surface area contributed by atoms with Gasteiger partial charge < -0.3 is 5.32 Å². The molecule has 6 nitrogen and oxygen atoms in total. The van der Waals surface area contributed by atoms with Crippen LogP contribution in [0.1, 0.15) is 13.3 Å². The van der Waals surface area contributed by atoms with Gasteiger partial charge in [0.25, 0.3) is 10.0 Å². The van der Waals surface area contributed by atoms with Gasteiger partial charge in [-0.15, -0.1) is 0 Å². The summed E-state index contributed by atoms with van der Waals surface area (Å²) in [6.45, 7) is 1.56. The van der Waals surface area contributed by atoms with E-state index < -0.39 is 15.9 Å². The molecule has 0 aliphatic rings. The van der Waals surface area contributed by atoms with Crippen molar-refractivity contribution in [1.82, 2.24) is 9.71 Å². The zero-order valence-electron chi connectivity index (χ0n) is 12.0. The fourth-order valence-electron chi connectivity index (χ4n) is 1.74. The summed E-state index contributed by atoms with van der Waals surface area (Å²) >= 11 is 11.8. The van der Waals surface area contributed by atoms with E-state index in [0.29, 0.717) is 15.7 Å². The SMILES string of the molecule is CCC(=O)NS(=O)(=O)c1cccnc1Nc1cc(Cl)cc(Cl)c1. The molecule has 1 aromatic heterocycles. The summed E-state index contributed by atoms with van der Waals surface area (Å²) in [4.78, 5) is 15.2. The molecule has 0 bridgehead atoms. The normalized spacial score (nSPS) is 11.1. The third-order valence-electron chi connectivity index (χ3n) is 2.75. The number of hydrogen-bond donors (Lipinski definition) is 2. The minimum absolute atomic E-state index is 0.0478. The summed E-state index contributed by atoms with van der Waals surface area (Å²) in [6.07, 6.45) is 1.47. The number of anilines is 2. The summed E-state index contributed by atoms with van der Waals surface area (Å²) in [5.41, 5.74) is 0.472. The summed E-state index contributed by atoms with van der Waals surface area (Å²) in [5, 5.41) is 3.62. The van der Waals surface area contributed by atoms with E-state index in [1.165, 1.54) is 18.3 Å². The highest BCUT2D eigenvalue weighted by molar-refractivity contribution is 7.90. The largest absolute Gasteiger partial charge is 0.339 e. The molecular formula is C14H13Cl2N3O3S. The number of carbonyl (C=O) groups is 1. The Morgan fingerprint density at radius 1 is 1.22 bits per heavy atom. The van der Waals surface area contributed by atoms with Crippen LogP contribution in [0.3, 0.4) is 0 Å². The number of hydrogen-bond acceptors (Lipinski definition) is 5. The van der Waals surface area contributed by atoms with Crippen molar-refractivity contribution in [1.29, 1.82) is 0 Å². The van der Waals surface area contributed by atoms with Crippen molar-refractivity contribution >= 4 is 50.6 Å². The minimum Gasteiger partial charge on any atom is -0.339 e. The maximum atomic E-state index is 12.3. The van der Waals surface area contributed by atoms with Gasteiger partial charge in [0.1, 0.15) is 4.90 Å². The zero-order chi connectivity index (χ0) is 17.0. The van der Waals surface area contributed by atoms with E-state index in [-0.39, 0.29) is 17.1 Å². The minimum atomic E-state index is -4.03. The Morgan fingerprint density at radius 3 is 2.48 bits per heavy atom. The fraction of sp³-hybridized carbons (Fsp3) is 0.143. The lowest BCUT2D eigenvalue weighted by Gasteiger charge is -2.12. The molecule has 0 unspecified atom stereocenters. The van der Waals surface area contributed by atoms with Gasteiger partial charge in [0.05, 0.1) is 0 Å². The highest BCUT2D eigenvalue weighted by Crippen LogP contribution is 2.27. The standard InChI is InChI=1S/C14H13Cl2N3O3S/c1-2-13(20)19-23(21,22)12-4-3-5-17-14(12)18-11-7-9(15)6-10(16)8-11/h3-8H,2H2,1H3,(H,17,18)(H,19,20). The predicted octanol–water partition coefficient (Wildman–Crippen LogP) is 3.35. The van der Waals surface area contributed by atoms with E-state index in [2.05, 4.69) is 10.3 Å². The average Bonchev–Trinajstić information content (AvgIpc) is 2.46. The monoisotopic (exact) mass is 373 g/mol. The van der Waals surface area contributed by atoms with Crippen LogP contribution in [0.4, 0.5) is 11.5 Å². The molecule has 0 saturated heterocycles. The van der Waals surface area contributed by atoms with Crippen molar-refractivity contribution in [3.63, 3.8) is 0 Å². The number of nitrogens with one attached hydrogen (secondary N) is 2. The maximum Gasteiger partial charge on any atom is 0.267 e. The number of carbonyl (C=O) groups excluding carboxylic acids is 1. The lowest BCUT2D eigenvalue weighted by Crippen LogP contribution is -2.30. The van der Waals surface area contributed by atoms with Gasteiger partial charge in [0.2, 0.25) is 5.91 Å². The fourth-order valence-corrected chi connectivity index (χ4v) is 3.44. The van der Waals surface area contributed by atoms with Crippen molar-refractivity contribution in [3.8, 4) is 0 Å². The van der Waals surface area contributed by atoms with Crippen LogP contribution < -0.4 is 10.0 Å². The number of nitrogens with zero attached hydrogens (tertiary/aromatic N) is 1. The second-order valence-electron chi connectivity index (χ2n) is 4.52. The first-order chi connectivity index (χ1) is 10.8. The van der Waals surface area contributed by atoms with Gasteiger partial charge >= 0.3 is 0 Å². The Hall–Kier alpha value is -1.83. The molecule has 122 valence electrons. The quantitative estimate of drug-likeness (QED) is 0.838. The first-order valence-corrected chi connectivity index (χ1v) is 8.79. The number of rotatable bonds is 5. The molecule has 0 fully saturated rings. The van der Waals surface area contributed by atoms with Crippen LogP contribution in [0.5, 0.6) is 0 Å². The molecule has 0 radical (unpaired) electrons. The number of sulfonamides is 1. The number of pyridine rings is 1. The third kappa shape index (κ3) is 4.57. The Balaban J connectivity index is 2.39. The molecule has 1 heterocycles. The van der Waals surface area contributed by atoms with Crippen molar-refractivity contribution in [3.05, 3.63) is 46.6 Å². The molecule has 23 heavy (non-hydrogen) atoms. The maximum absolute atomic E-state index is 12.3. The molecule has 0 spiro atoms. The Bertz CT molecular complexity index is 821. The highest BCUT2D eigenvalue weighted by atomic mass is 35.5. The first-order valence-electron chi connectivity index (χ1n) is 6.55. The smallest absolute Gasteiger partial charge is 0.267 e.